The van der Waals surface area contributed by atoms with Gasteiger partial charge < -0.3 is 15.6 Å². The Labute approximate surface area is 114 Å². The normalized spacial score (nSPS) is 18.2. The van der Waals surface area contributed by atoms with E-state index in [9.17, 15) is 4.79 Å². The summed E-state index contributed by atoms with van der Waals surface area (Å²) in [5.41, 5.74) is 5.96. The highest BCUT2D eigenvalue weighted by Crippen LogP contribution is 2.26. The fraction of sp³-hybridized carbons (Fsp3) is 0.714. The number of nitrogens with one attached hydrogen (secondary N) is 1. The van der Waals surface area contributed by atoms with Gasteiger partial charge in [0.25, 0.3) is 5.91 Å². The lowest BCUT2D eigenvalue weighted by Crippen LogP contribution is -2.39. The highest BCUT2D eigenvalue weighted by molar-refractivity contribution is 5.92. The predicted octanol–water partition coefficient (Wildman–Crippen LogP) is 1.54. The van der Waals surface area contributed by atoms with Gasteiger partial charge in [0.1, 0.15) is 5.69 Å². The SMILES string of the molecule is CC(NC(=O)c1cn(CCN)cn1)C1CCCCC1. The third kappa shape index (κ3) is 3.80. The van der Waals surface area contributed by atoms with Crippen molar-refractivity contribution in [2.75, 3.05) is 6.54 Å². The number of aromatic nitrogens is 2. The van der Waals surface area contributed by atoms with Gasteiger partial charge in [-0.2, -0.15) is 0 Å². The topological polar surface area (TPSA) is 72.9 Å². The van der Waals surface area contributed by atoms with Gasteiger partial charge >= 0.3 is 0 Å². The van der Waals surface area contributed by atoms with Crippen LogP contribution in [0.4, 0.5) is 0 Å². The van der Waals surface area contributed by atoms with E-state index >= 15 is 0 Å². The standard InChI is InChI=1S/C14H24N4O/c1-11(12-5-3-2-4-6-12)17-14(19)13-9-18(8-7-15)10-16-13/h9-12H,2-8,15H2,1H3,(H,17,19). The molecule has 1 unspecified atom stereocenters. The minimum Gasteiger partial charge on any atom is -0.348 e. The molecule has 1 aromatic heterocycles. The van der Waals surface area contributed by atoms with Crippen LogP contribution in [0.25, 0.3) is 0 Å². The van der Waals surface area contributed by atoms with Gasteiger partial charge in [-0.05, 0) is 25.7 Å². The van der Waals surface area contributed by atoms with Crippen molar-refractivity contribution >= 4 is 5.91 Å². The molecule has 1 aliphatic rings. The molecule has 1 amide bonds. The third-order valence-corrected chi connectivity index (χ3v) is 3.97. The molecular formula is C14H24N4O. The fourth-order valence-corrected chi connectivity index (χ4v) is 2.78. The second kappa shape index (κ2) is 6.70. The number of nitrogens with two attached hydrogens (primary N) is 1. The zero-order valence-electron chi connectivity index (χ0n) is 11.6. The van der Waals surface area contributed by atoms with Crippen LogP contribution >= 0.6 is 0 Å². The van der Waals surface area contributed by atoms with E-state index in [-0.39, 0.29) is 11.9 Å². The summed E-state index contributed by atoms with van der Waals surface area (Å²) in [6.45, 7) is 3.35. The molecule has 0 aliphatic heterocycles. The van der Waals surface area contributed by atoms with Gasteiger partial charge in [-0.3, -0.25) is 4.79 Å². The number of hydrogen-bond acceptors (Lipinski definition) is 3. The van der Waals surface area contributed by atoms with E-state index in [1.54, 1.807) is 12.5 Å². The lowest BCUT2D eigenvalue weighted by molar-refractivity contribution is 0.0914. The van der Waals surface area contributed by atoms with Crippen LogP contribution in [-0.2, 0) is 6.54 Å². The Morgan fingerprint density at radius 3 is 2.95 bits per heavy atom. The summed E-state index contributed by atoms with van der Waals surface area (Å²) in [6.07, 6.45) is 9.78. The fourth-order valence-electron chi connectivity index (χ4n) is 2.78. The van der Waals surface area contributed by atoms with Crippen LogP contribution in [0.5, 0.6) is 0 Å². The maximum atomic E-state index is 12.1. The van der Waals surface area contributed by atoms with Crippen LogP contribution in [0.3, 0.4) is 0 Å². The molecule has 1 fully saturated rings. The quantitative estimate of drug-likeness (QED) is 0.847. The molecule has 106 valence electrons. The van der Waals surface area contributed by atoms with Crippen molar-refractivity contribution in [1.29, 1.82) is 0 Å². The Kier molecular flexibility index (Phi) is 4.96. The van der Waals surface area contributed by atoms with Crippen molar-refractivity contribution < 1.29 is 4.79 Å². The van der Waals surface area contributed by atoms with Crippen LogP contribution in [0, 0.1) is 5.92 Å². The van der Waals surface area contributed by atoms with E-state index in [0.29, 0.717) is 24.7 Å². The number of rotatable bonds is 5. The van der Waals surface area contributed by atoms with E-state index in [0.717, 1.165) is 0 Å². The van der Waals surface area contributed by atoms with Crippen LogP contribution in [0.1, 0.15) is 49.5 Å². The third-order valence-electron chi connectivity index (χ3n) is 3.97. The second-order valence-corrected chi connectivity index (χ2v) is 5.45. The van der Waals surface area contributed by atoms with Gasteiger partial charge in [0.05, 0.1) is 6.33 Å². The van der Waals surface area contributed by atoms with Crippen molar-refractivity contribution in [3.05, 3.63) is 18.2 Å². The average molecular weight is 264 g/mol. The largest absolute Gasteiger partial charge is 0.348 e. The average Bonchev–Trinajstić information content (AvgIpc) is 2.89. The molecule has 1 aromatic rings. The Balaban J connectivity index is 1.88. The Morgan fingerprint density at radius 2 is 2.26 bits per heavy atom. The van der Waals surface area contributed by atoms with Gasteiger partial charge in [0.2, 0.25) is 0 Å². The first-order valence-corrected chi connectivity index (χ1v) is 7.23. The number of imidazole rings is 1. The van der Waals surface area contributed by atoms with E-state index in [2.05, 4.69) is 17.2 Å². The Morgan fingerprint density at radius 1 is 1.53 bits per heavy atom. The zero-order valence-corrected chi connectivity index (χ0v) is 11.6. The number of hydrogen-bond donors (Lipinski definition) is 2. The Bertz CT molecular complexity index is 409. The maximum Gasteiger partial charge on any atom is 0.271 e. The Hall–Kier alpha value is -1.36. The molecular weight excluding hydrogens is 240 g/mol. The molecule has 1 heterocycles. The van der Waals surface area contributed by atoms with Crippen LogP contribution in [0.2, 0.25) is 0 Å². The van der Waals surface area contributed by atoms with Gasteiger partial charge in [-0.15, -0.1) is 0 Å². The van der Waals surface area contributed by atoms with Crippen molar-refractivity contribution in [3.63, 3.8) is 0 Å². The number of carbonyl (C=O) groups is 1. The van der Waals surface area contributed by atoms with E-state index in [1.165, 1.54) is 32.1 Å². The first-order valence-electron chi connectivity index (χ1n) is 7.23. The van der Waals surface area contributed by atoms with Crippen LogP contribution < -0.4 is 11.1 Å². The molecule has 0 radical (unpaired) electrons. The molecule has 0 spiro atoms. The lowest BCUT2D eigenvalue weighted by Gasteiger charge is -2.28. The molecule has 1 saturated carbocycles. The second-order valence-electron chi connectivity index (χ2n) is 5.45. The number of amides is 1. The van der Waals surface area contributed by atoms with Crippen LogP contribution in [-0.4, -0.2) is 28.0 Å². The maximum absolute atomic E-state index is 12.1. The smallest absolute Gasteiger partial charge is 0.271 e. The zero-order chi connectivity index (χ0) is 13.7. The van der Waals surface area contributed by atoms with E-state index < -0.39 is 0 Å². The van der Waals surface area contributed by atoms with Crippen molar-refractivity contribution in [3.8, 4) is 0 Å². The van der Waals surface area contributed by atoms with Crippen molar-refractivity contribution in [2.24, 2.45) is 11.7 Å². The van der Waals surface area contributed by atoms with Crippen molar-refractivity contribution in [1.82, 2.24) is 14.9 Å². The monoisotopic (exact) mass is 264 g/mol. The molecule has 1 atom stereocenters. The lowest BCUT2D eigenvalue weighted by atomic mass is 9.84. The van der Waals surface area contributed by atoms with Crippen molar-refractivity contribution in [2.45, 2.75) is 51.6 Å². The molecule has 5 nitrogen and oxygen atoms in total. The molecule has 1 aliphatic carbocycles. The minimum absolute atomic E-state index is 0.0751. The van der Waals surface area contributed by atoms with Gasteiger partial charge in [-0.1, -0.05) is 19.3 Å². The number of carbonyl (C=O) groups excluding carboxylic acids is 1. The summed E-state index contributed by atoms with van der Waals surface area (Å²) in [6, 6.07) is 0.229. The molecule has 5 heteroatoms. The van der Waals surface area contributed by atoms with Gasteiger partial charge in [0.15, 0.2) is 0 Å². The van der Waals surface area contributed by atoms with E-state index in [1.807, 2.05) is 4.57 Å². The molecule has 0 bridgehead atoms. The summed E-state index contributed by atoms with van der Waals surface area (Å²) in [7, 11) is 0. The first-order chi connectivity index (χ1) is 9.20. The summed E-state index contributed by atoms with van der Waals surface area (Å²) in [4.78, 5) is 16.2. The van der Waals surface area contributed by atoms with Gasteiger partial charge in [-0.25, -0.2) is 4.98 Å². The van der Waals surface area contributed by atoms with E-state index in [4.69, 9.17) is 5.73 Å². The molecule has 0 saturated heterocycles. The summed E-state index contributed by atoms with van der Waals surface area (Å²) in [5.74, 6) is 0.540. The highest BCUT2D eigenvalue weighted by atomic mass is 16.2. The first kappa shape index (κ1) is 14.1. The minimum atomic E-state index is -0.0751. The summed E-state index contributed by atoms with van der Waals surface area (Å²) in [5, 5.41) is 3.08. The number of nitrogens with zero attached hydrogens (tertiary/aromatic N) is 2. The summed E-state index contributed by atoms with van der Waals surface area (Å²) < 4.78 is 1.85. The predicted molar refractivity (Wildman–Crippen MR) is 74.8 cm³/mol. The molecule has 3 N–H and O–H groups in total. The van der Waals surface area contributed by atoms with Crippen LogP contribution in [0.15, 0.2) is 12.5 Å². The molecule has 0 aromatic carbocycles. The molecule has 2 rings (SSSR count). The molecule has 19 heavy (non-hydrogen) atoms. The summed E-state index contributed by atoms with van der Waals surface area (Å²) >= 11 is 0. The van der Waals surface area contributed by atoms with Gasteiger partial charge in [0, 0.05) is 25.3 Å². The highest BCUT2D eigenvalue weighted by Gasteiger charge is 2.22.